The highest BCUT2D eigenvalue weighted by molar-refractivity contribution is 6.05. The van der Waals surface area contributed by atoms with E-state index in [1.807, 2.05) is 100 Å². The minimum atomic E-state index is -0.0245. The van der Waals surface area contributed by atoms with Crippen LogP contribution in [-0.2, 0) is 13.1 Å². The van der Waals surface area contributed by atoms with Gasteiger partial charge >= 0.3 is 0 Å². The summed E-state index contributed by atoms with van der Waals surface area (Å²) >= 11 is 0. The molecule has 0 atom stereocenters. The van der Waals surface area contributed by atoms with Gasteiger partial charge in [0.1, 0.15) is 11.5 Å². The second-order valence-electron chi connectivity index (χ2n) is 12.3. The Morgan fingerprint density at radius 3 is 1.20 bits per heavy atom. The summed E-state index contributed by atoms with van der Waals surface area (Å²) in [5.41, 5.74) is 9.22. The van der Waals surface area contributed by atoms with Gasteiger partial charge in [-0.25, -0.2) is 0 Å². The van der Waals surface area contributed by atoms with E-state index in [2.05, 4.69) is 21.3 Å². The molecular formula is C40H36N2O4. The van der Waals surface area contributed by atoms with Crippen molar-refractivity contribution in [3.8, 4) is 11.5 Å². The van der Waals surface area contributed by atoms with Crippen molar-refractivity contribution in [1.29, 1.82) is 0 Å². The first-order valence-electron chi connectivity index (χ1n) is 15.5. The SMILES string of the molecule is COc1ccc(Cn2c3cc4c(=O)c5c(C)ccc(C)c5n(Cc5ccc(OC)cc5)c4cc3c(=O)c3c(C)ccc(C)c32)cc1. The Hall–Kier alpha value is -5.36. The van der Waals surface area contributed by atoms with Gasteiger partial charge in [0, 0.05) is 34.6 Å². The molecule has 7 aromatic rings. The van der Waals surface area contributed by atoms with Crippen LogP contribution in [0.1, 0.15) is 33.4 Å². The average molecular weight is 609 g/mol. The fraction of sp³-hybridized carbons (Fsp3) is 0.200. The first kappa shape index (κ1) is 29.4. The van der Waals surface area contributed by atoms with Gasteiger partial charge in [0.2, 0.25) is 0 Å². The zero-order valence-corrected chi connectivity index (χ0v) is 27.0. The molecule has 6 nitrogen and oxygen atoms in total. The molecular weight excluding hydrogens is 572 g/mol. The number of nitrogens with zero attached hydrogens (tertiary/aromatic N) is 2. The third-order valence-electron chi connectivity index (χ3n) is 9.35. The van der Waals surface area contributed by atoms with E-state index >= 15 is 0 Å². The number of pyridine rings is 2. The summed E-state index contributed by atoms with van der Waals surface area (Å²) in [5.74, 6) is 1.57. The third-order valence-corrected chi connectivity index (χ3v) is 9.35. The number of hydrogen-bond acceptors (Lipinski definition) is 4. The third kappa shape index (κ3) is 4.64. The molecule has 0 aliphatic heterocycles. The van der Waals surface area contributed by atoms with E-state index in [-0.39, 0.29) is 10.9 Å². The number of fused-ring (bicyclic) bond motifs is 4. The molecule has 2 heterocycles. The maximum atomic E-state index is 14.5. The van der Waals surface area contributed by atoms with Crippen molar-refractivity contribution >= 4 is 43.6 Å². The first-order chi connectivity index (χ1) is 22.2. The van der Waals surface area contributed by atoms with E-state index < -0.39 is 0 Å². The molecule has 0 spiro atoms. The van der Waals surface area contributed by atoms with Crippen LogP contribution in [0.15, 0.2) is 94.5 Å². The largest absolute Gasteiger partial charge is 0.497 e. The minimum absolute atomic E-state index is 0.0245. The lowest BCUT2D eigenvalue weighted by Gasteiger charge is -2.22. The van der Waals surface area contributed by atoms with E-state index in [0.717, 1.165) is 66.9 Å². The molecule has 0 radical (unpaired) electrons. The quantitative estimate of drug-likeness (QED) is 0.180. The Bertz CT molecular complexity index is 2280. The highest BCUT2D eigenvalue weighted by atomic mass is 16.5. The van der Waals surface area contributed by atoms with E-state index in [1.54, 1.807) is 14.2 Å². The molecule has 0 amide bonds. The van der Waals surface area contributed by atoms with Crippen LogP contribution in [0.4, 0.5) is 0 Å². The predicted molar refractivity (Wildman–Crippen MR) is 188 cm³/mol. The van der Waals surface area contributed by atoms with Gasteiger partial charge < -0.3 is 18.6 Å². The molecule has 0 unspecified atom stereocenters. The Balaban J connectivity index is 1.63. The highest BCUT2D eigenvalue weighted by Crippen LogP contribution is 2.32. The van der Waals surface area contributed by atoms with Crippen LogP contribution in [0, 0.1) is 27.7 Å². The molecule has 2 aromatic heterocycles. The van der Waals surface area contributed by atoms with Crippen molar-refractivity contribution in [2.45, 2.75) is 40.8 Å². The molecule has 0 saturated carbocycles. The van der Waals surface area contributed by atoms with Crippen molar-refractivity contribution in [3.05, 3.63) is 139 Å². The van der Waals surface area contributed by atoms with Crippen molar-refractivity contribution < 1.29 is 9.47 Å². The normalized spacial score (nSPS) is 11.6. The van der Waals surface area contributed by atoms with Gasteiger partial charge in [-0.3, -0.25) is 9.59 Å². The summed E-state index contributed by atoms with van der Waals surface area (Å²) in [6.07, 6.45) is 0. The molecule has 0 saturated heterocycles. The first-order valence-corrected chi connectivity index (χ1v) is 15.5. The van der Waals surface area contributed by atoms with Crippen molar-refractivity contribution in [3.63, 3.8) is 0 Å². The number of benzene rings is 5. The van der Waals surface area contributed by atoms with E-state index in [9.17, 15) is 9.59 Å². The van der Waals surface area contributed by atoms with E-state index in [4.69, 9.17) is 9.47 Å². The Morgan fingerprint density at radius 1 is 0.500 bits per heavy atom. The summed E-state index contributed by atoms with van der Waals surface area (Å²) < 4.78 is 15.2. The van der Waals surface area contributed by atoms with Gasteiger partial charge in [0.25, 0.3) is 0 Å². The van der Waals surface area contributed by atoms with Crippen LogP contribution in [0.3, 0.4) is 0 Å². The maximum Gasteiger partial charge on any atom is 0.197 e. The minimum Gasteiger partial charge on any atom is -0.497 e. The van der Waals surface area contributed by atoms with Crippen molar-refractivity contribution in [1.82, 2.24) is 9.13 Å². The second kappa shape index (κ2) is 11.2. The fourth-order valence-electron chi connectivity index (χ4n) is 6.91. The summed E-state index contributed by atoms with van der Waals surface area (Å²) in [6, 6.07) is 28.0. The standard InChI is InChI=1S/C40H36N2O4/c1-23-7-9-25(3)37-35(23)39(43)31-19-34-32(20-33(31)41(37)21-27-11-15-29(45-5)16-12-27)40(44)36-24(2)8-10-26(4)38(36)42(34)22-28-13-17-30(46-6)18-14-28/h7-20H,21-22H2,1-6H3. The molecule has 0 N–H and O–H groups in total. The molecule has 6 heteroatoms. The number of aryl methyl sites for hydroxylation is 4. The van der Waals surface area contributed by atoms with Crippen molar-refractivity contribution in [2.75, 3.05) is 14.2 Å². The smallest absolute Gasteiger partial charge is 0.197 e. The molecule has 5 aromatic carbocycles. The highest BCUT2D eigenvalue weighted by Gasteiger charge is 2.20. The van der Waals surface area contributed by atoms with Crippen LogP contribution < -0.4 is 20.3 Å². The second-order valence-corrected chi connectivity index (χ2v) is 12.3. The monoisotopic (exact) mass is 608 g/mol. The van der Waals surface area contributed by atoms with Gasteiger partial charge in [0.05, 0.1) is 36.3 Å². The summed E-state index contributed by atoms with van der Waals surface area (Å²) in [5, 5.41) is 2.60. The van der Waals surface area contributed by atoms with Crippen molar-refractivity contribution in [2.24, 2.45) is 0 Å². The number of ether oxygens (including phenoxy) is 2. The number of hydrogen-bond donors (Lipinski definition) is 0. The lowest BCUT2D eigenvalue weighted by atomic mass is 9.98. The van der Waals surface area contributed by atoms with Crippen LogP contribution in [0.2, 0.25) is 0 Å². The van der Waals surface area contributed by atoms with Crippen LogP contribution in [0.5, 0.6) is 11.5 Å². The molecule has 230 valence electrons. The molecule has 7 rings (SSSR count). The zero-order valence-electron chi connectivity index (χ0n) is 27.0. The Kier molecular flexibility index (Phi) is 7.16. The maximum absolute atomic E-state index is 14.5. The molecule has 0 aliphatic rings. The average Bonchev–Trinajstić information content (AvgIpc) is 3.07. The lowest BCUT2D eigenvalue weighted by Crippen LogP contribution is -2.18. The summed E-state index contributed by atoms with van der Waals surface area (Å²) in [6.45, 7) is 9.12. The molecule has 0 aliphatic carbocycles. The van der Waals surface area contributed by atoms with Gasteiger partial charge in [-0.2, -0.15) is 0 Å². The van der Waals surface area contributed by atoms with Gasteiger partial charge in [-0.05, 0) is 97.5 Å². The van der Waals surface area contributed by atoms with Gasteiger partial charge in [-0.15, -0.1) is 0 Å². The van der Waals surface area contributed by atoms with Gasteiger partial charge in [0.15, 0.2) is 10.9 Å². The Morgan fingerprint density at radius 2 is 0.848 bits per heavy atom. The molecule has 46 heavy (non-hydrogen) atoms. The number of methoxy groups -OCH3 is 2. The van der Waals surface area contributed by atoms with E-state index in [0.29, 0.717) is 34.6 Å². The fourth-order valence-corrected chi connectivity index (χ4v) is 6.91. The number of rotatable bonds is 6. The Labute approximate surface area is 267 Å². The van der Waals surface area contributed by atoms with Crippen LogP contribution in [0.25, 0.3) is 43.6 Å². The van der Waals surface area contributed by atoms with Crippen LogP contribution in [-0.4, -0.2) is 23.4 Å². The van der Waals surface area contributed by atoms with E-state index in [1.165, 1.54) is 0 Å². The zero-order chi connectivity index (χ0) is 32.3. The molecule has 0 bridgehead atoms. The predicted octanol–water partition coefficient (Wildman–Crippen LogP) is 7.97. The topological polar surface area (TPSA) is 62.5 Å². The molecule has 0 fully saturated rings. The van der Waals surface area contributed by atoms with Gasteiger partial charge in [-0.1, -0.05) is 48.5 Å². The van der Waals surface area contributed by atoms with Crippen LogP contribution >= 0.6 is 0 Å². The lowest BCUT2D eigenvalue weighted by molar-refractivity contribution is 0.414. The number of aromatic nitrogens is 2. The summed E-state index contributed by atoms with van der Waals surface area (Å²) in [4.78, 5) is 28.9. The summed E-state index contributed by atoms with van der Waals surface area (Å²) in [7, 11) is 3.31.